The molecule has 0 aromatic rings. The second kappa shape index (κ2) is 15.4. The molecule has 0 amide bonds. The van der Waals surface area contributed by atoms with Gasteiger partial charge in [-0.05, 0) is 20.4 Å². The molecule has 0 fully saturated rings. The van der Waals surface area contributed by atoms with Gasteiger partial charge >= 0.3 is 5.97 Å². The molecule has 0 bridgehead atoms. The fraction of sp³-hybridized carbons (Fsp3) is 0.923. The maximum Gasteiger partial charge on any atom is 0.303 e. The Balaban J connectivity index is 0. The van der Waals surface area contributed by atoms with Crippen LogP contribution >= 0.6 is 0 Å². The largest absolute Gasteiger partial charge is 0.481 e. The molecule has 0 radical (unpaired) electrons. The molecule has 0 saturated carbocycles. The van der Waals surface area contributed by atoms with Crippen molar-refractivity contribution in [2.75, 3.05) is 7.05 Å². The molecular weight excluding hydrogens is 218 g/mol. The predicted molar refractivity (Wildman–Crippen MR) is 71.0 cm³/mol. The minimum absolute atomic E-state index is 0.341. The Labute approximate surface area is 105 Å². The van der Waals surface area contributed by atoms with Gasteiger partial charge in [-0.3, -0.25) is 10.1 Å². The molecule has 4 nitrogen and oxygen atoms in total. The summed E-state index contributed by atoms with van der Waals surface area (Å²) in [5, 5.41) is 19.2. The van der Waals surface area contributed by atoms with E-state index in [1.807, 2.05) is 0 Å². The van der Waals surface area contributed by atoms with Crippen LogP contribution in [0.5, 0.6) is 0 Å². The van der Waals surface area contributed by atoms with Crippen molar-refractivity contribution in [1.82, 2.24) is 5.32 Å². The van der Waals surface area contributed by atoms with Gasteiger partial charge in [-0.25, -0.2) is 0 Å². The number of carboxylic acids is 1. The van der Waals surface area contributed by atoms with E-state index in [4.69, 9.17) is 10.2 Å². The van der Waals surface area contributed by atoms with Crippen molar-refractivity contribution in [3.8, 4) is 0 Å². The number of rotatable bonds is 9. The fourth-order valence-electron chi connectivity index (χ4n) is 1.23. The number of hydrogen-bond acceptors (Lipinski definition) is 3. The Morgan fingerprint density at radius 1 is 1.12 bits per heavy atom. The van der Waals surface area contributed by atoms with Crippen LogP contribution < -0.4 is 5.32 Å². The van der Waals surface area contributed by atoms with E-state index in [1.165, 1.54) is 32.1 Å². The summed E-state index contributed by atoms with van der Waals surface area (Å²) in [6.07, 6.45) is 8.28. The Bertz CT molecular complexity index is 161. The lowest BCUT2D eigenvalue weighted by Gasteiger charge is -1.98. The van der Waals surface area contributed by atoms with E-state index in [1.54, 1.807) is 14.0 Å². The van der Waals surface area contributed by atoms with Gasteiger partial charge in [0.15, 0.2) is 0 Å². The molecule has 0 rings (SSSR count). The molecular formula is C13H29NO3. The molecule has 3 N–H and O–H groups in total. The van der Waals surface area contributed by atoms with Crippen molar-refractivity contribution < 1.29 is 15.0 Å². The maximum absolute atomic E-state index is 10.1. The van der Waals surface area contributed by atoms with E-state index in [2.05, 4.69) is 12.2 Å². The normalized spacial score (nSPS) is 11.5. The predicted octanol–water partition coefficient (Wildman–Crippen LogP) is 2.76. The molecule has 1 unspecified atom stereocenters. The summed E-state index contributed by atoms with van der Waals surface area (Å²) in [4.78, 5) is 10.1. The molecule has 4 heteroatoms. The average molecular weight is 247 g/mol. The van der Waals surface area contributed by atoms with Crippen LogP contribution in [0.3, 0.4) is 0 Å². The summed E-state index contributed by atoms with van der Waals surface area (Å²) in [5.74, 6) is -0.663. The number of nitrogens with one attached hydrogen (secondary N) is 1. The first-order valence-corrected chi connectivity index (χ1v) is 6.61. The van der Waals surface area contributed by atoms with Crippen molar-refractivity contribution in [3.05, 3.63) is 0 Å². The van der Waals surface area contributed by atoms with Crippen molar-refractivity contribution in [1.29, 1.82) is 0 Å². The molecule has 0 aliphatic heterocycles. The van der Waals surface area contributed by atoms with Gasteiger partial charge in [0.2, 0.25) is 0 Å². The molecule has 104 valence electrons. The Hall–Kier alpha value is -0.610. The first-order chi connectivity index (χ1) is 8.04. The summed E-state index contributed by atoms with van der Waals surface area (Å²) in [6.45, 7) is 3.87. The van der Waals surface area contributed by atoms with E-state index >= 15 is 0 Å². The van der Waals surface area contributed by atoms with Crippen LogP contribution in [0.25, 0.3) is 0 Å². The van der Waals surface area contributed by atoms with E-state index < -0.39 is 5.97 Å². The van der Waals surface area contributed by atoms with Gasteiger partial charge in [-0.1, -0.05) is 45.4 Å². The number of carbonyl (C=O) groups is 1. The summed E-state index contributed by atoms with van der Waals surface area (Å²) in [6, 6.07) is 0. The van der Waals surface area contributed by atoms with Gasteiger partial charge < -0.3 is 10.2 Å². The van der Waals surface area contributed by atoms with Crippen LogP contribution in [0.4, 0.5) is 0 Å². The van der Waals surface area contributed by atoms with E-state index in [-0.39, 0.29) is 6.23 Å². The first-order valence-electron chi connectivity index (χ1n) is 6.61. The van der Waals surface area contributed by atoms with Crippen LogP contribution in [0.2, 0.25) is 0 Å². The van der Waals surface area contributed by atoms with Crippen molar-refractivity contribution in [2.45, 2.75) is 71.4 Å². The molecule has 0 aromatic carbocycles. The highest BCUT2D eigenvalue weighted by Crippen LogP contribution is 2.07. The number of aliphatic hydroxyl groups is 1. The highest BCUT2D eigenvalue weighted by atomic mass is 16.4. The second-order valence-electron chi connectivity index (χ2n) is 4.23. The third-order valence-corrected chi connectivity index (χ3v) is 2.41. The lowest BCUT2D eigenvalue weighted by Crippen LogP contribution is -2.19. The van der Waals surface area contributed by atoms with E-state index in [9.17, 15) is 4.79 Å². The maximum atomic E-state index is 10.1. The summed E-state index contributed by atoms with van der Waals surface area (Å²) < 4.78 is 0. The Kier molecular flexibility index (Phi) is 17.0. The SMILES string of the molecule is CCCCCCCCCC(=O)O.CNC(C)O. The zero-order chi connectivity index (χ0) is 13.5. The first kappa shape index (κ1) is 18.7. The molecule has 17 heavy (non-hydrogen) atoms. The minimum atomic E-state index is -0.663. The van der Waals surface area contributed by atoms with Crippen molar-refractivity contribution in [3.63, 3.8) is 0 Å². The molecule has 0 aliphatic carbocycles. The molecule has 0 saturated heterocycles. The third kappa shape index (κ3) is 25.6. The number of aliphatic hydroxyl groups excluding tert-OH is 1. The summed E-state index contributed by atoms with van der Waals surface area (Å²) in [7, 11) is 1.70. The fourth-order valence-corrected chi connectivity index (χ4v) is 1.23. The van der Waals surface area contributed by atoms with Crippen LogP contribution in [-0.2, 0) is 4.79 Å². The monoisotopic (exact) mass is 247 g/mol. The lowest BCUT2D eigenvalue weighted by atomic mass is 10.1. The van der Waals surface area contributed by atoms with Gasteiger partial charge in [0.1, 0.15) is 6.23 Å². The van der Waals surface area contributed by atoms with Crippen LogP contribution in [-0.4, -0.2) is 29.5 Å². The van der Waals surface area contributed by atoms with E-state index in [0.717, 1.165) is 12.8 Å². The van der Waals surface area contributed by atoms with Gasteiger partial charge in [0.05, 0.1) is 0 Å². The Morgan fingerprint density at radius 3 is 1.88 bits per heavy atom. The van der Waals surface area contributed by atoms with E-state index in [0.29, 0.717) is 6.42 Å². The summed E-state index contributed by atoms with van der Waals surface area (Å²) in [5.41, 5.74) is 0. The van der Waals surface area contributed by atoms with Crippen LogP contribution in [0.15, 0.2) is 0 Å². The second-order valence-corrected chi connectivity index (χ2v) is 4.23. The molecule has 0 aromatic heterocycles. The number of unbranched alkanes of at least 4 members (excludes halogenated alkanes) is 6. The number of aliphatic carboxylic acids is 1. The minimum Gasteiger partial charge on any atom is -0.481 e. The standard InChI is InChI=1S/C10H20O2.C3H9NO/c1-2-3-4-5-6-7-8-9-10(11)12;1-3(5)4-2/h2-9H2,1H3,(H,11,12);3-5H,1-2H3. The highest BCUT2D eigenvalue weighted by molar-refractivity contribution is 5.66. The number of carboxylic acid groups (broad SMARTS) is 1. The highest BCUT2D eigenvalue weighted by Gasteiger charge is 1.95. The van der Waals surface area contributed by atoms with Crippen LogP contribution in [0, 0.1) is 0 Å². The number of hydrogen-bond donors (Lipinski definition) is 3. The molecule has 0 aliphatic rings. The van der Waals surface area contributed by atoms with Gasteiger partial charge in [-0.2, -0.15) is 0 Å². The van der Waals surface area contributed by atoms with Gasteiger partial charge in [-0.15, -0.1) is 0 Å². The smallest absolute Gasteiger partial charge is 0.303 e. The average Bonchev–Trinajstić information content (AvgIpc) is 2.28. The zero-order valence-electron chi connectivity index (χ0n) is 11.5. The van der Waals surface area contributed by atoms with Gasteiger partial charge in [0, 0.05) is 6.42 Å². The molecule has 1 atom stereocenters. The topological polar surface area (TPSA) is 69.6 Å². The quantitative estimate of drug-likeness (QED) is 0.433. The summed E-state index contributed by atoms with van der Waals surface area (Å²) >= 11 is 0. The Morgan fingerprint density at radius 2 is 1.53 bits per heavy atom. The zero-order valence-corrected chi connectivity index (χ0v) is 11.5. The van der Waals surface area contributed by atoms with Crippen molar-refractivity contribution in [2.24, 2.45) is 0 Å². The van der Waals surface area contributed by atoms with Gasteiger partial charge in [0.25, 0.3) is 0 Å². The lowest BCUT2D eigenvalue weighted by molar-refractivity contribution is -0.137. The molecule has 0 heterocycles. The molecule has 0 spiro atoms. The van der Waals surface area contributed by atoms with Crippen molar-refractivity contribution >= 4 is 5.97 Å². The van der Waals surface area contributed by atoms with Crippen LogP contribution in [0.1, 0.15) is 65.2 Å². The third-order valence-electron chi connectivity index (χ3n) is 2.41.